The predicted octanol–water partition coefficient (Wildman–Crippen LogP) is 5.07. The van der Waals surface area contributed by atoms with Crippen molar-refractivity contribution in [2.24, 2.45) is 5.92 Å². The molecule has 0 atom stereocenters. The lowest BCUT2D eigenvalue weighted by Gasteiger charge is -2.26. The number of hydrogen-bond acceptors (Lipinski definition) is 3. The minimum atomic E-state index is 0.853. The Morgan fingerprint density at radius 3 is 2.08 bits per heavy atom. The van der Waals surface area contributed by atoms with Crippen LogP contribution in [0.1, 0.15) is 63.4 Å². The summed E-state index contributed by atoms with van der Waals surface area (Å²) in [6.07, 6.45) is 12.9. The van der Waals surface area contributed by atoms with Crippen LogP contribution in [-0.2, 0) is 11.3 Å². The molecule has 2 fully saturated rings. The number of nitrogens with zero attached hydrogens (tertiary/aromatic N) is 1. The fourth-order valence-corrected chi connectivity index (χ4v) is 4.11. The standard InChI is InChI=1S/C22H36N2O/c1-2-4-6-8-20(9-7-5-3-1)18-23-22-12-10-21(11-13-22)19-24-14-16-25-17-15-24/h10-13,20,23H,1-9,14-19H2. The Kier molecular flexibility index (Phi) is 8.11. The maximum Gasteiger partial charge on any atom is 0.0594 e. The molecule has 1 aromatic carbocycles. The Hall–Kier alpha value is -1.06. The molecule has 1 saturated carbocycles. The highest BCUT2D eigenvalue weighted by Crippen LogP contribution is 2.22. The van der Waals surface area contributed by atoms with Gasteiger partial charge in [0.2, 0.25) is 0 Å². The quantitative estimate of drug-likeness (QED) is 0.807. The zero-order chi connectivity index (χ0) is 17.2. The van der Waals surface area contributed by atoms with E-state index in [-0.39, 0.29) is 0 Å². The van der Waals surface area contributed by atoms with E-state index >= 15 is 0 Å². The van der Waals surface area contributed by atoms with Crippen molar-refractivity contribution in [3.8, 4) is 0 Å². The Labute approximate surface area is 154 Å². The highest BCUT2D eigenvalue weighted by Gasteiger charge is 2.12. The molecule has 1 saturated heterocycles. The maximum atomic E-state index is 5.43. The second kappa shape index (κ2) is 10.8. The SMILES string of the molecule is c1cc(NCC2CCCCCCCCC2)ccc1CN1CCOCC1. The van der Waals surface area contributed by atoms with Gasteiger partial charge in [0.15, 0.2) is 0 Å². The molecular formula is C22H36N2O. The molecule has 3 heteroatoms. The summed E-state index contributed by atoms with van der Waals surface area (Å²) in [5, 5.41) is 3.70. The van der Waals surface area contributed by atoms with Crippen molar-refractivity contribution in [2.45, 2.75) is 64.3 Å². The lowest BCUT2D eigenvalue weighted by molar-refractivity contribution is 0.0342. The van der Waals surface area contributed by atoms with Gasteiger partial charge in [0.05, 0.1) is 13.2 Å². The molecule has 1 aromatic rings. The molecule has 0 radical (unpaired) electrons. The number of anilines is 1. The smallest absolute Gasteiger partial charge is 0.0594 e. The first kappa shape index (κ1) is 18.7. The first-order valence-electron chi connectivity index (χ1n) is 10.5. The first-order chi connectivity index (χ1) is 12.4. The molecule has 1 heterocycles. The molecule has 3 rings (SSSR count). The number of rotatable bonds is 5. The summed E-state index contributed by atoms with van der Waals surface area (Å²) in [6.45, 7) is 6.06. The zero-order valence-electron chi connectivity index (χ0n) is 15.8. The van der Waals surface area contributed by atoms with Crippen LogP contribution in [-0.4, -0.2) is 37.7 Å². The molecule has 1 N–H and O–H groups in total. The van der Waals surface area contributed by atoms with E-state index in [1.54, 1.807) is 0 Å². The lowest BCUT2D eigenvalue weighted by atomic mass is 9.92. The molecular weight excluding hydrogens is 308 g/mol. The van der Waals surface area contributed by atoms with E-state index in [0.717, 1.165) is 45.3 Å². The Morgan fingerprint density at radius 2 is 1.44 bits per heavy atom. The van der Waals surface area contributed by atoms with Gasteiger partial charge in [-0.15, -0.1) is 0 Å². The van der Waals surface area contributed by atoms with E-state index < -0.39 is 0 Å². The fourth-order valence-electron chi connectivity index (χ4n) is 4.11. The van der Waals surface area contributed by atoms with Crippen molar-refractivity contribution in [3.63, 3.8) is 0 Å². The summed E-state index contributed by atoms with van der Waals surface area (Å²) in [5.74, 6) is 0.853. The van der Waals surface area contributed by atoms with Gasteiger partial charge in [-0.3, -0.25) is 4.90 Å². The molecule has 140 valence electrons. The monoisotopic (exact) mass is 344 g/mol. The second-order valence-electron chi connectivity index (χ2n) is 7.88. The zero-order valence-corrected chi connectivity index (χ0v) is 15.8. The van der Waals surface area contributed by atoms with Crippen molar-refractivity contribution in [2.75, 3.05) is 38.2 Å². The number of hydrogen-bond donors (Lipinski definition) is 1. The van der Waals surface area contributed by atoms with Gasteiger partial charge in [0, 0.05) is 31.9 Å². The van der Waals surface area contributed by atoms with E-state index in [1.807, 2.05) is 0 Å². The molecule has 0 bridgehead atoms. The van der Waals surface area contributed by atoms with Crippen LogP contribution in [0.3, 0.4) is 0 Å². The van der Waals surface area contributed by atoms with Crippen molar-refractivity contribution < 1.29 is 4.74 Å². The predicted molar refractivity (Wildman–Crippen MR) is 106 cm³/mol. The molecule has 2 aliphatic rings. The van der Waals surface area contributed by atoms with Gasteiger partial charge in [0.25, 0.3) is 0 Å². The summed E-state index contributed by atoms with van der Waals surface area (Å²) in [7, 11) is 0. The van der Waals surface area contributed by atoms with Crippen LogP contribution >= 0.6 is 0 Å². The van der Waals surface area contributed by atoms with Crippen molar-refractivity contribution >= 4 is 5.69 Å². The van der Waals surface area contributed by atoms with Crippen LogP contribution in [0.5, 0.6) is 0 Å². The molecule has 0 spiro atoms. The molecule has 0 unspecified atom stereocenters. The maximum absolute atomic E-state index is 5.43. The van der Waals surface area contributed by atoms with Gasteiger partial charge in [-0.1, -0.05) is 57.1 Å². The topological polar surface area (TPSA) is 24.5 Å². The third kappa shape index (κ3) is 6.99. The van der Waals surface area contributed by atoms with E-state index in [0.29, 0.717) is 0 Å². The van der Waals surface area contributed by atoms with Crippen LogP contribution in [0, 0.1) is 5.92 Å². The average molecular weight is 345 g/mol. The van der Waals surface area contributed by atoms with Crippen LogP contribution in [0.15, 0.2) is 24.3 Å². The molecule has 0 amide bonds. The van der Waals surface area contributed by atoms with Crippen molar-refractivity contribution in [1.82, 2.24) is 4.90 Å². The van der Waals surface area contributed by atoms with E-state index in [9.17, 15) is 0 Å². The third-order valence-electron chi connectivity index (χ3n) is 5.78. The van der Waals surface area contributed by atoms with E-state index in [4.69, 9.17) is 4.74 Å². The minimum Gasteiger partial charge on any atom is -0.385 e. The lowest BCUT2D eigenvalue weighted by Crippen LogP contribution is -2.35. The molecule has 25 heavy (non-hydrogen) atoms. The minimum absolute atomic E-state index is 0.853. The van der Waals surface area contributed by atoms with Crippen LogP contribution < -0.4 is 5.32 Å². The Morgan fingerprint density at radius 1 is 0.840 bits per heavy atom. The van der Waals surface area contributed by atoms with Crippen LogP contribution in [0.25, 0.3) is 0 Å². The summed E-state index contributed by atoms with van der Waals surface area (Å²) < 4.78 is 5.43. The molecule has 3 nitrogen and oxygen atoms in total. The van der Waals surface area contributed by atoms with E-state index in [2.05, 4.69) is 34.5 Å². The van der Waals surface area contributed by atoms with Gasteiger partial charge >= 0.3 is 0 Å². The van der Waals surface area contributed by atoms with Gasteiger partial charge in [0.1, 0.15) is 0 Å². The Bertz CT molecular complexity index is 457. The van der Waals surface area contributed by atoms with Gasteiger partial charge in [-0.2, -0.15) is 0 Å². The highest BCUT2D eigenvalue weighted by molar-refractivity contribution is 5.44. The summed E-state index contributed by atoms with van der Waals surface area (Å²) in [5.41, 5.74) is 2.69. The number of nitrogens with one attached hydrogen (secondary N) is 1. The van der Waals surface area contributed by atoms with Gasteiger partial charge in [-0.25, -0.2) is 0 Å². The summed E-state index contributed by atoms with van der Waals surface area (Å²) in [6, 6.07) is 9.09. The Balaban J connectivity index is 1.42. The first-order valence-corrected chi connectivity index (χ1v) is 10.5. The molecule has 1 aliphatic carbocycles. The van der Waals surface area contributed by atoms with E-state index in [1.165, 1.54) is 69.0 Å². The van der Waals surface area contributed by atoms with Crippen LogP contribution in [0.2, 0.25) is 0 Å². The molecule has 0 aromatic heterocycles. The average Bonchev–Trinajstić information content (AvgIpc) is 2.67. The number of morpholine rings is 1. The fraction of sp³-hybridized carbons (Fsp3) is 0.727. The van der Waals surface area contributed by atoms with Gasteiger partial charge < -0.3 is 10.1 Å². The summed E-state index contributed by atoms with van der Waals surface area (Å²) in [4.78, 5) is 2.48. The number of ether oxygens (including phenoxy) is 1. The molecule has 1 aliphatic heterocycles. The van der Waals surface area contributed by atoms with Crippen molar-refractivity contribution in [3.05, 3.63) is 29.8 Å². The van der Waals surface area contributed by atoms with Crippen molar-refractivity contribution in [1.29, 1.82) is 0 Å². The third-order valence-corrected chi connectivity index (χ3v) is 5.78. The van der Waals surface area contributed by atoms with Gasteiger partial charge in [-0.05, 0) is 36.5 Å². The van der Waals surface area contributed by atoms with Crippen LogP contribution in [0.4, 0.5) is 5.69 Å². The highest BCUT2D eigenvalue weighted by atomic mass is 16.5. The summed E-state index contributed by atoms with van der Waals surface area (Å²) >= 11 is 0. The normalized spacial score (nSPS) is 21.8. The largest absolute Gasteiger partial charge is 0.385 e. The second-order valence-corrected chi connectivity index (χ2v) is 7.88. The number of benzene rings is 1.